The molecule has 1 atom stereocenters. The van der Waals surface area contributed by atoms with E-state index in [1.54, 1.807) is 30.6 Å². The maximum atomic E-state index is 11.6. The number of nitrogens with zero attached hydrogens (tertiary/aromatic N) is 6. The van der Waals surface area contributed by atoms with E-state index in [1.807, 2.05) is 4.81 Å². The summed E-state index contributed by atoms with van der Waals surface area (Å²) < 4.78 is 6.68. The number of hydrogen-bond acceptors (Lipinski definition) is 9. The molecule has 0 fully saturated rings. The van der Waals surface area contributed by atoms with Crippen LogP contribution in [0.4, 0.5) is 17.3 Å². The molecule has 215 valence electrons. The number of rotatable bonds is 10. The van der Waals surface area contributed by atoms with E-state index in [0.29, 0.717) is 41.6 Å². The molecule has 0 aliphatic carbocycles. The van der Waals surface area contributed by atoms with E-state index >= 15 is 0 Å². The Kier molecular flexibility index (Phi) is 8.86. The highest BCUT2D eigenvalue weighted by molar-refractivity contribution is 6.74. The van der Waals surface area contributed by atoms with Gasteiger partial charge in [0.05, 0.1) is 28.2 Å². The number of aromatic nitrogens is 3. The number of carbonyl (C=O) groups is 1. The van der Waals surface area contributed by atoms with E-state index in [-0.39, 0.29) is 5.04 Å². The molecule has 1 N–H and O–H groups in total. The molecule has 2 aromatic heterocycles. The summed E-state index contributed by atoms with van der Waals surface area (Å²) in [5.41, 5.74) is 5.04. The standard InChI is InChI=1S/C31H37BN7O2Si/c1-8-9-26-27(12-21(15-33)17-36-26)38-29-35-11-10-25(37-29)22-13-23(16-34)28-24(14-22)31(5,18-39(28)32-20-40)19-41-42(6,7)30(2,3)4/h10-14,17,20H,8-9,18-19H2,1-7H3,(H,35,37,38)/t31-/m1/s1. The maximum absolute atomic E-state index is 11.6. The first-order valence-electron chi connectivity index (χ1n) is 14.1. The van der Waals surface area contributed by atoms with Gasteiger partial charge in [0.2, 0.25) is 5.95 Å². The first-order chi connectivity index (χ1) is 19.9. The van der Waals surface area contributed by atoms with E-state index in [2.05, 4.69) is 81.2 Å². The minimum Gasteiger partial charge on any atom is -0.416 e. The number of hydrogen-bond donors (Lipinski definition) is 1. The van der Waals surface area contributed by atoms with E-state index in [4.69, 9.17) is 9.41 Å². The number of carbonyl (C=O) groups excluding carboxylic acids is 1. The zero-order valence-corrected chi connectivity index (χ0v) is 26.4. The van der Waals surface area contributed by atoms with Gasteiger partial charge in [-0.25, -0.2) is 9.97 Å². The molecule has 9 nitrogen and oxygen atoms in total. The van der Waals surface area contributed by atoms with Crippen LogP contribution in [0.2, 0.25) is 18.1 Å². The van der Waals surface area contributed by atoms with Crippen molar-refractivity contribution in [1.29, 1.82) is 10.5 Å². The Morgan fingerprint density at radius 3 is 2.62 bits per heavy atom. The molecule has 0 unspecified atom stereocenters. The fraction of sp³-hybridized carbons (Fsp3) is 0.419. The van der Waals surface area contributed by atoms with Gasteiger partial charge in [-0.1, -0.05) is 41.0 Å². The summed E-state index contributed by atoms with van der Waals surface area (Å²) in [7, 11) is -0.573. The monoisotopic (exact) mass is 578 g/mol. The van der Waals surface area contributed by atoms with Crippen molar-refractivity contribution in [2.24, 2.45) is 0 Å². The van der Waals surface area contributed by atoms with Gasteiger partial charge in [-0.3, -0.25) is 4.98 Å². The first-order valence-corrected chi connectivity index (χ1v) is 17.0. The zero-order chi connectivity index (χ0) is 30.7. The summed E-state index contributed by atoms with van der Waals surface area (Å²) in [6, 6.07) is 11.9. The summed E-state index contributed by atoms with van der Waals surface area (Å²) >= 11 is 0. The molecule has 3 heterocycles. The minimum absolute atomic E-state index is 0.0443. The third kappa shape index (κ3) is 6.23. The molecule has 1 aromatic carbocycles. The third-order valence-electron chi connectivity index (χ3n) is 8.27. The van der Waals surface area contributed by atoms with Gasteiger partial charge in [0.25, 0.3) is 0 Å². The van der Waals surface area contributed by atoms with Crippen LogP contribution in [0.15, 0.2) is 36.7 Å². The van der Waals surface area contributed by atoms with E-state index in [0.717, 1.165) is 41.5 Å². The SMILES string of the molecule is CCCc1ncc(C#N)cc1Nc1nccc(-c2cc(C#N)c3c(c2)[C@@](C)(CO[Si](C)(C)C(C)(C)C)CN3[B]C=O)n1. The largest absolute Gasteiger partial charge is 0.416 e. The van der Waals surface area contributed by atoms with Crippen molar-refractivity contribution in [3.05, 3.63) is 59.0 Å². The van der Waals surface area contributed by atoms with E-state index < -0.39 is 13.7 Å². The maximum Gasteiger partial charge on any atom is 0.329 e. The summed E-state index contributed by atoms with van der Waals surface area (Å²) in [6.45, 7) is 16.3. The predicted molar refractivity (Wildman–Crippen MR) is 169 cm³/mol. The average Bonchev–Trinajstić information content (AvgIpc) is 3.24. The minimum atomic E-state index is -2.06. The zero-order valence-electron chi connectivity index (χ0n) is 25.4. The van der Waals surface area contributed by atoms with Gasteiger partial charge in [-0.05, 0) is 54.4 Å². The van der Waals surface area contributed by atoms with E-state index in [9.17, 15) is 15.3 Å². The normalized spacial score (nSPS) is 16.4. The fourth-order valence-electron chi connectivity index (χ4n) is 4.86. The first kappa shape index (κ1) is 30.9. The second-order valence-electron chi connectivity index (χ2n) is 12.5. The van der Waals surface area contributed by atoms with Crippen LogP contribution in [-0.4, -0.2) is 50.0 Å². The topological polar surface area (TPSA) is 128 Å². The molecule has 0 saturated heterocycles. The Balaban J connectivity index is 1.76. The number of fused-ring (bicyclic) bond motifs is 1. The van der Waals surface area contributed by atoms with Crippen LogP contribution in [0.1, 0.15) is 63.4 Å². The molecular formula is C31H37BN7O2Si. The van der Waals surface area contributed by atoms with Gasteiger partial charge in [-0.15, -0.1) is 0 Å². The molecule has 0 spiro atoms. The highest BCUT2D eigenvalue weighted by atomic mass is 28.4. The molecule has 42 heavy (non-hydrogen) atoms. The predicted octanol–water partition coefficient (Wildman–Crippen LogP) is 5.89. The lowest BCUT2D eigenvalue weighted by Crippen LogP contribution is -2.46. The lowest BCUT2D eigenvalue weighted by molar-refractivity contribution is 0.219. The van der Waals surface area contributed by atoms with Gasteiger partial charge in [-0.2, -0.15) is 10.5 Å². The quantitative estimate of drug-likeness (QED) is 0.231. The molecule has 0 saturated carbocycles. The molecule has 0 amide bonds. The van der Waals surface area contributed by atoms with Gasteiger partial charge in [0.15, 0.2) is 8.32 Å². The molecule has 1 radical (unpaired) electrons. The molecule has 0 bridgehead atoms. The van der Waals surface area contributed by atoms with Crippen molar-refractivity contribution in [1.82, 2.24) is 15.0 Å². The van der Waals surface area contributed by atoms with Gasteiger partial charge < -0.3 is 19.3 Å². The van der Waals surface area contributed by atoms with Crippen molar-refractivity contribution >= 4 is 39.2 Å². The summed E-state index contributed by atoms with van der Waals surface area (Å²) in [6.07, 6.45) is 5.63. The van der Waals surface area contributed by atoms with Crippen LogP contribution in [0.25, 0.3) is 11.3 Å². The van der Waals surface area contributed by atoms with Gasteiger partial charge >= 0.3 is 7.41 Å². The second kappa shape index (κ2) is 12.0. The molecule has 11 heteroatoms. The number of pyridine rings is 1. The number of nitrogens with one attached hydrogen (secondary N) is 1. The smallest absolute Gasteiger partial charge is 0.329 e. The van der Waals surface area contributed by atoms with Crippen molar-refractivity contribution in [3.63, 3.8) is 0 Å². The Hall–Kier alpha value is -4.06. The summed E-state index contributed by atoms with van der Waals surface area (Å²) in [5, 5.41) is 22.9. The van der Waals surface area contributed by atoms with Gasteiger partial charge in [0, 0.05) is 42.2 Å². The highest BCUT2D eigenvalue weighted by Gasteiger charge is 2.44. The molecular weight excluding hydrogens is 541 g/mol. The number of aryl methyl sites for hydroxylation is 1. The number of anilines is 3. The van der Waals surface area contributed by atoms with Crippen molar-refractivity contribution in [3.8, 4) is 23.4 Å². The van der Waals surface area contributed by atoms with Crippen molar-refractivity contribution < 1.29 is 9.22 Å². The second-order valence-corrected chi connectivity index (χ2v) is 17.3. The fourth-order valence-corrected chi connectivity index (χ4v) is 5.97. The Bertz CT molecular complexity index is 1570. The van der Waals surface area contributed by atoms with Crippen molar-refractivity contribution in [2.75, 3.05) is 23.3 Å². The van der Waals surface area contributed by atoms with Crippen LogP contribution in [0, 0.1) is 22.7 Å². The van der Waals surface area contributed by atoms with Crippen LogP contribution < -0.4 is 10.1 Å². The average molecular weight is 579 g/mol. The van der Waals surface area contributed by atoms with Gasteiger partial charge in [0.1, 0.15) is 18.3 Å². The molecule has 1 aliphatic heterocycles. The van der Waals surface area contributed by atoms with Crippen LogP contribution in [0.5, 0.6) is 0 Å². The van der Waals surface area contributed by atoms with E-state index in [1.165, 1.54) is 7.41 Å². The lowest BCUT2D eigenvalue weighted by Gasteiger charge is -2.39. The van der Waals surface area contributed by atoms with Crippen LogP contribution in [0.3, 0.4) is 0 Å². The summed E-state index contributed by atoms with van der Waals surface area (Å²) in [5.74, 6) is 0.362. The van der Waals surface area contributed by atoms with Crippen LogP contribution in [-0.2, 0) is 21.1 Å². The highest BCUT2D eigenvalue weighted by Crippen LogP contribution is 2.46. The molecule has 3 aromatic rings. The number of nitriles is 2. The lowest BCUT2D eigenvalue weighted by atomic mass is 9.83. The number of benzene rings is 1. The van der Waals surface area contributed by atoms with Crippen molar-refractivity contribution in [2.45, 2.75) is 71.0 Å². The van der Waals surface area contributed by atoms with Crippen LogP contribution >= 0.6 is 0 Å². The Morgan fingerprint density at radius 1 is 1.21 bits per heavy atom. The molecule has 1 aliphatic rings. The summed E-state index contributed by atoms with van der Waals surface area (Å²) in [4.78, 5) is 27.0. The Morgan fingerprint density at radius 2 is 1.98 bits per heavy atom. The Labute approximate surface area is 250 Å². The third-order valence-corrected chi connectivity index (χ3v) is 12.7. The molecule has 4 rings (SSSR count).